The maximum absolute atomic E-state index is 5.99. The van der Waals surface area contributed by atoms with Gasteiger partial charge in [-0.25, -0.2) is 0 Å². The van der Waals surface area contributed by atoms with E-state index in [9.17, 15) is 0 Å². The van der Waals surface area contributed by atoms with Gasteiger partial charge in [-0.15, -0.1) is 0 Å². The summed E-state index contributed by atoms with van der Waals surface area (Å²) in [6.45, 7) is 0.932. The largest absolute Gasteiger partial charge is 0.346 e. The third-order valence-electron chi connectivity index (χ3n) is 3.98. The molecule has 2 aromatic rings. The van der Waals surface area contributed by atoms with Crippen LogP contribution in [-0.2, 0) is 18.9 Å². The summed E-state index contributed by atoms with van der Waals surface area (Å²) in [7, 11) is 0. The zero-order chi connectivity index (χ0) is 14.8. The minimum atomic E-state index is -0.353. The SMILES string of the molecule is c1ccc(C2OC[C@H]3OC(c4ccccc4)O[C@@H]3CO2)cc1. The van der Waals surface area contributed by atoms with Crippen molar-refractivity contribution in [2.24, 2.45) is 0 Å². The molecule has 4 rings (SSSR count). The highest BCUT2D eigenvalue weighted by Crippen LogP contribution is 2.35. The number of fused-ring (bicyclic) bond motifs is 1. The van der Waals surface area contributed by atoms with Crippen molar-refractivity contribution < 1.29 is 18.9 Å². The molecule has 0 N–H and O–H groups in total. The quantitative estimate of drug-likeness (QED) is 0.853. The summed E-state index contributed by atoms with van der Waals surface area (Å²) >= 11 is 0. The molecule has 0 bridgehead atoms. The second-order valence-corrected chi connectivity index (χ2v) is 5.50. The Morgan fingerprint density at radius 3 is 1.55 bits per heavy atom. The Morgan fingerprint density at radius 2 is 1.05 bits per heavy atom. The highest BCUT2D eigenvalue weighted by Gasteiger charge is 2.40. The van der Waals surface area contributed by atoms with Crippen LogP contribution in [0.2, 0.25) is 0 Å². The zero-order valence-corrected chi connectivity index (χ0v) is 12.1. The average Bonchev–Trinajstić information content (AvgIpc) is 2.90. The zero-order valence-electron chi connectivity index (χ0n) is 12.1. The second kappa shape index (κ2) is 6.18. The lowest BCUT2D eigenvalue weighted by atomic mass is 10.2. The van der Waals surface area contributed by atoms with Crippen molar-refractivity contribution in [3.8, 4) is 0 Å². The van der Waals surface area contributed by atoms with Crippen LogP contribution in [0.15, 0.2) is 60.7 Å². The fraction of sp³-hybridized carbons (Fsp3) is 0.333. The fourth-order valence-corrected chi connectivity index (χ4v) is 2.80. The molecule has 2 heterocycles. The van der Waals surface area contributed by atoms with Crippen LogP contribution in [0.25, 0.3) is 0 Å². The summed E-state index contributed by atoms with van der Waals surface area (Å²) in [6.07, 6.45) is -0.885. The normalized spacial score (nSPS) is 26.5. The first-order chi connectivity index (χ1) is 10.9. The van der Waals surface area contributed by atoms with E-state index in [1.807, 2.05) is 60.7 Å². The molecule has 114 valence electrons. The van der Waals surface area contributed by atoms with E-state index in [-0.39, 0.29) is 24.8 Å². The number of rotatable bonds is 2. The Hall–Kier alpha value is -1.72. The smallest absolute Gasteiger partial charge is 0.184 e. The molecule has 2 fully saturated rings. The van der Waals surface area contributed by atoms with E-state index in [0.29, 0.717) is 13.2 Å². The van der Waals surface area contributed by atoms with Gasteiger partial charge in [0.2, 0.25) is 0 Å². The highest BCUT2D eigenvalue weighted by molar-refractivity contribution is 5.18. The number of hydrogen-bond donors (Lipinski definition) is 0. The van der Waals surface area contributed by atoms with Crippen LogP contribution >= 0.6 is 0 Å². The summed E-state index contributed by atoms with van der Waals surface area (Å²) < 4.78 is 23.7. The van der Waals surface area contributed by atoms with E-state index < -0.39 is 0 Å². The molecular formula is C18H18O4. The molecule has 4 heteroatoms. The molecule has 2 aromatic carbocycles. The first kappa shape index (κ1) is 13.9. The predicted octanol–water partition coefficient (Wildman–Crippen LogP) is 3.21. The summed E-state index contributed by atoms with van der Waals surface area (Å²) in [5.74, 6) is 0. The Morgan fingerprint density at radius 1 is 0.591 bits per heavy atom. The third kappa shape index (κ3) is 2.78. The van der Waals surface area contributed by atoms with Crippen molar-refractivity contribution >= 4 is 0 Å². The molecule has 0 radical (unpaired) electrons. The standard InChI is InChI=1S/C18H18O4/c1-3-7-13(8-4-1)17-19-11-15-16(12-20-17)22-18(21-15)14-9-5-2-6-10-14/h1-10,15-18H,11-12H2/t15-,16-,17?,18?/m1/s1. The van der Waals surface area contributed by atoms with Crippen LogP contribution in [0.1, 0.15) is 23.7 Å². The monoisotopic (exact) mass is 298 g/mol. The van der Waals surface area contributed by atoms with Gasteiger partial charge in [-0.3, -0.25) is 0 Å². The third-order valence-corrected chi connectivity index (χ3v) is 3.98. The number of ether oxygens (including phenoxy) is 4. The molecule has 2 saturated heterocycles. The lowest BCUT2D eigenvalue weighted by Gasteiger charge is -2.17. The minimum absolute atomic E-state index is 0.0982. The van der Waals surface area contributed by atoms with Gasteiger partial charge in [-0.05, 0) is 0 Å². The molecule has 2 aliphatic heterocycles. The summed E-state index contributed by atoms with van der Waals surface area (Å²) in [4.78, 5) is 0. The molecule has 2 aliphatic rings. The maximum atomic E-state index is 5.99. The van der Waals surface area contributed by atoms with Gasteiger partial charge < -0.3 is 18.9 Å². The van der Waals surface area contributed by atoms with Gasteiger partial charge in [0.15, 0.2) is 12.6 Å². The van der Waals surface area contributed by atoms with Gasteiger partial charge in [-0.1, -0.05) is 60.7 Å². The van der Waals surface area contributed by atoms with Crippen LogP contribution in [0.4, 0.5) is 0 Å². The molecule has 0 aromatic heterocycles. The van der Waals surface area contributed by atoms with Gasteiger partial charge in [0, 0.05) is 11.1 Å². The Labute approximate surface area is 129 Å². The van der Waals surface area contributed by atoms with Crippen molar-refractivity contribution in [3.05, 3.63) is 71.8 Å². The predicted molar refractivity (Wildman–Crippen MR) is 80.0 cm³/mol. The van der Waals surface area contributed by atoms with Crippen LogP contribution < -0.4 is 0 Å². The van der Waals surface area contributed by atoms with Crippen molar-refractivity contribution in [3.63, 3.8) is 0 Å². The molecule has 2 atom stereocenters. The summed E-state index contributed by atoms with van der Waals surface area (Å²) in [5.41, 5.74) is 2.04. The van der Waals surface area contributed by atoms with Gasteiger partial charge in [-0.2, -0.15) is 0 Å². The van der Waals surface area contributed by atoms with Crippen LogP contribution in [0, 0.1) is 0 Å². The van der Waals surface area contributed by atoms with E-state index in [1.165, 1.54) is 0 Å². The lowest BCUT2D eigenvalue weighted by molar-refractivity contribution is -0.168. The van der Waals surface area contributed by atoms with E-state index >= 15 is 0 Å². The molecule has 0 aliphatic carbocycles. The summed E-state index contributed by atoms with van der Waals surface area (Å²) in [6, 6.07) is 19.9. The van der Waals surface area contributed by atoms with Crippen molar-refractivity contribution in [1.29, 1.82) is 0 Å². The Kier molecular flexibility index (Phi) is 3.91. The van der Waals surface area contributed by atoms with Gasteiger partial charge >= 0.3 is 0 Å². The lowest BCUT2D eigenvalue weighted by Crippen LogP contribution is -2.27. The number of hydrogen-bond acceptors (Lipinski definition) is 4. The van der Waals surface area contributed by atoms with Gasteiger partial charge in [0.1, 0.15) is 12.2 Å². The molecule has 0 spiro atoms. The average molecular weight is 298 g/mol. The molecule has 0 saturated carbocycles. The highest BCUT2D eigenvalue weighted by atomic mass is 16.8. The second-order valence-electron chi connectivity index (χ2n) is 5.50. The fourth-order valence-electron chi connectivity index (χ4n) is 2.80. The maximum Gasteiger partial charge on any atom is 0.184 e. The van der Waals surface area contributed by atoms with E-state index in [1.54, 1.807) is 0 Å². The van der Waals surface area contributed by atoms with Gasteiger partial charge in [0.05, 0.1) is 13.2 Å². The molecule has 4 nitrogen and oxygen atoms in total. The molecule has 0 amide bonds. The van der Waals surface area contributed by atoms with Crippen LogP contribution in [0.5, 0.6) is 0 Å². The summed E-state index contributed by atoms with van der Waals surface area (Å²) in [5, 5.41) is 0. The Balaban J connectivity index is 1.43. The topological polar surface area (TPSA) is 36.9 Å². The molecule has 0 unspecified atom stereocenters. The van der Waals surface area contributed by atoms with Crippen molar-refractivity contribution in [2.45, 2.75) is 24.8 Å². The van der Waals surface area contributed by atoms with E-state index in [4.69, 9.17) is 18.9 Å². The molecular weight excluding hydrogens is 280 g/mol. The first-order valence-electron chi connectivity index (χ1n) is 7.54. The van der Waals surface area contributed by atoms with E-state index in [2.05, 4.69) is 0 Å². The first-order valence-corrected chi connectivity index (χ1v) is 7.54. The Bertz CT molecular complexity index is 547. The van der Waals surface area contributed by atoms with Crippen LogP contribution in [0.3, 0.4) is 0 Å². The van der Waals surface area contributed by atoms with Gasteiger partial charge in [0.25, 0.3) is 0 Å². The number of benzene rings is 2. The molecule has 22 heavy (non-hydrogen) atoms. The van der Waals surface area contributed by atoms with Crippen LogP contribution in [-0.4, -0.2) is 25.4 Å². The van der Waals surface area contributed by atoms with Crippen molar-refractivity contribution in [1.82, 2.24) is 0 Å². The van der Waals surface area contributed by atoms with Crippen molar-refractivity contribution in [2.75, 3.05) is 13.2 Å². The van der Waals surface area contributed by atoms with E-state index in [0.717, 1.165) is 11.1 Å². The minimum Gasteiger partial charge on any atom is -0.346 e.